The van der Waals surface area contributed by atoms with E-state index in [1.165, 1.54) is 23.8 Å². The summed E-state index contributed by atoms with van der Waals surface area (Å²) >= 11 is 8.41. The fraction of sp³-hybridized carbons (Fsp3) is 0.273. The Labute approximate surface area is 228 Å². The number of carboxylic acids is 1. The molecule has 0 unspecified atom stereocenters. The van der Waals surface area contributed by atoms with E-state index >= 15 is 0 Å². The molecule has 0 radical (unpaired) electrons. The van der Waals surface area contributed by atoms with E-state index in [1.807, 2.05) is 21.2 Å². The van der Waals surface area contributed by atoms with Crippen LogP contribution in [0.1, 0.15) is 11.4 Å². The highest BCUT2D eigenvalue weighted by Gasteiger charge is 2.55. The zero-order chi connectivity index (χ0) is 27.1. The zero-order valence-corrected chi connectivity index (χ0v) is 22.1. The summed E-state index contributed by atoms with van der Waals surface area (Å²) in [5.74, 6) is -2.23. The van der Waals surface area contributed by atoms with E-state index in [0.717, 1.165) is 22.5 Å². The Bertz CT molecular complexity index is 1530. The first-order valence-electron chi connectivity index (χ1n) is 11.1. The van der Waals surface area contributed by atoms with Gasteiger partial charge >= 0.3 is 5.97 Å². The van der Waals surface area contributed by atoms with Gasteiger partial charge < -0.3 is 30.5 Å². The molecule has 3 aromatic rings. The van der Waals surface area contributed by atoms with Crippen molar-refractivity contribution in [1.82, 2.24) is 19.6 Å². The van der Waals surface area contributed by atoms with Gasteiger partial charge in [0.2, 0.25) is 0 Å². The quantitative estimate of drug-likeness (QED) is 0.126. The number of thiazole rings is 1. The van der Waals surface area contributed by atoms with Gasteiger partial charge in [0.15, 0.2) is 29.8 Å². The summed E-state index contributed by atoms with van der Waals surface area (Å²) in [6.45, 7) is 0.135. The third-order valence-electron chi connectivity index (χ3n) is 6.04. The van der Waals surface area contributed by atoms with Gasteiger partial charge in [0.25, 0.3) is 11.8 Å². The molecule has 1 fully saturated rings. The van der Waals surface area contributed by atoms with E-state index in [2.05, 4.69) is 15.5 Å². The number of aromatic nitrogens is 3. The molecule has 2 aliphatic heterocycles. The summed E-state index contributed by atoms with van der Waals surface area (Å²) in [6, 6.07) is 2.67. The fourth-order valence-electron chi connectivity index (χ4n) is 4.37. The number of carbonyl (C=O) groups excluding carboxylic acids is 2. The van der Waals surface area contributed by atoms with Gasteiger partial charge in [-0.25, -0.2) is 9.78 Å². The van der Waals surface area contributed by atoms with Crippen molar-refractivity contribution in [2.24, 2.45) is 5.16 Å². The minimum atomic E-state index is -1.23. The Hall–Kier alpha value is -3.66. The molecule has 3 aromatic heterocycles. The number of hydrogen-bond acceptors (Lipinski definition) is 10. The topological polar surface area (TPSA) is 176 Å². The number of nitrogens with one attached hydrogen (secondary N) is 1. The average Bonchev–Trinajstić information content (AvgIpc) is 3.46. The lowest BCUT2D eigenvalue weighted by atomic mass is 10.0. The Kier molecular flexibility index (Phi) is 7.00. The highest BCUT2D eigenvalue weighted by Crippen LogP contribution is 2.40. The number of nitrogens with two attached hydrogens (primary N) is 1. The van der Waals surface area contributed by atoms with Gasteiger partial charge in [0.05, 0.1) is 12.8 Å². The summed E-state index contributed by atoms with van der Waals surface area (Å²) in [7, 11) is 1.24. The average molecular weight is 579 g/mol. The third-order valence-corrected chi connectivity index (χ3v) is 8.46. The Balaban J connectivity index is 1.36. The smallest absolute Gasteiger partial charge is 0.352 e. The van der Waals surface area contributed by atoms with Gasteiger partial charge in [0.1, 0.15) is 39.8 Å². The van der Waals surface area contributed by atoms with Gasteiger partial charge in [-0.1, -0.05) is 28.1 Å². The van der Waals surface area contributed by atoms with Gasteiger partial charge in [-0.2, -0.15) is 4.57 Å². The molecule has 5 heterocycles. The summed E-state index contributed by atoms with van der Waals surface area (Å²) in [6.07, 6.45) is 5.38. The number of β-lactam (4-membered cyclic amide) rings is 1. The number of nitrogens with zero attached hydrogens (tertiary/aromatic N) is 5. The molecule has 16 heteroatoms. The zero-order valence-electron chi connectivity index (χ0n) is 19.7. The van der Waals surface area contributed by atoms with Crippen LogP contribution in [0.2, 0.25) is 4.34 Å². The number of thioether (sulfide) groups is 1. The van der Waals surface area contributed by atoms with Crippen LogP contribution in [-0.2, 0) is 32.4 Å². The molecule has 13 nitrogen and oxygen atoms in total. The molecule has 38 heavy (non-hydrogen) atoms. The van der Waals surface area contributed by atoms with Crippen LogP contribution in [0.15, 0.2) is 47.1 Å². The predicted octanol–water partition coefficient (Wildman–Crippen LogP) is 0.201. The molecule has 5 N–H and O–H groups in total. The van der Waals surface area contributed by atoms with Gasteiger partial charge in [-0.3, -0.25) is 14.5 Å². The van der Waals surface area contributed by atoms with E-state index in [1.54, 1.807) is 18.5 Å². The van der Waals surface area contributed by atoms with Gasteiger partial charge in [0, 0.05) is 17.0 Å². The number of aliphatic hydroxyl groups excluding tert-OH is 1. The maximum absolute atomic E-state index is 13.1. The normalized spacial score (nSPS) is 19.4. The van der Waals surface area contributed by atoms with Crippen LogP contribution in [0.3, 0.4) is 0 Å². The molecule has 2 aliphatic rings. The molecular formula is C22H21ClN7O6S2+. The summed E-state index contributed by atoms with van der Waals surface area (Å²) in [5, 5.41) is 25.2. The number of halogens is 1. The second-order valence-corrected chi connectivity index (χ2v) is 11.0. The number of aliphatic carboxylic acids is 1. The number of hydrogen-bond donors (Lipinski definition) is 4. The van der Waals surface area contributed by atoms with Crippen LogP contribution in [-0.4, -0.2) is 72.3 Å². The van der Waals surface area contributed by atoms with Crippen molar-refractivity contribution in [2.75, 3.05) is 18.6 Å². The lowest BCUT2D eigenvalue weighted by Gasteiger charge is -2.49. The molecule has 5 rings (SSSR count). The summed E-state index contributed by atoms with van der Waals surface area (Å²) in [5.41, 5.74) is 7.43. The number of fused-ring (bicyclic) bond motifs is 2. The molecule has 2 amide bonds. The number of carboxylic acid groups (broad SMARTS) is 1. The molecule has 0 aromatic carbocycles. The second kappa shape index (κ2) is 10.2. The predicted molar refractivity (Wildman–Crippen MR) is 138 cm³/mol. The molecule has 0 saturated carbocycles. The van der Waals surface area contributed by atoms with Crippen LogP contribution in [0.4, 0.5) is 5.13 Å². The Morgan fingerprint density at radius 1 is 1.42 bits per heavy atom. The molecule has 0 aliphatic carbocycles. The Morgan fingerprint density at radius 2 is 2.21 bits per heavy atom. The highest BCUT2D eigenvalue weighted by molar-refractivity contribution is 8.00. The van der Waals surface area contributed by atoms with Crippen LogP contribution >= 0.6 is 34.7 Å². The SMILES string of the molecule is CON=C(C(=O)N[C@@H]1C(=O)N2C(C(=O)O)=C(C[n+]3ccn4c(CO)ccc4c3)CS[C@@H]12)c1nc(N)sc1Cl. The molecular weight excluding hydrogens is 558 g/mol. The van der Waals surface area contributed by atoms with Crippen molar-refractivity contribution in [3.63, 3.8) is 0 Å². The highest BCUT2D eigenvalue weighted by atomic mass is 35.5. The second-order valence-electron chi connectivity index (χ2n) is 8.29. The molecule has 1 saturated heterocycles. The number of amides is 2. The third kappa shape index (κ3) is 4.47. The van der Waals surface area contributed by atoms with Crippen LogP contribution in [0.5, 0.6) is 0 Å². The summed E-state index contributed by atoms with van der Waals surface area (Å²) < 4.78 is 3.77. The standard InChI is InChI=1S/C22H20ClN7O6S2/c1-36-27-14(13-17(23)38-22(24)26-13)18(32)25-15-19(33)30-16(21(34)35)10(9-37-20(15)30)6-28-4-5-29-11(7-28)2-3-12(29)8-31/h2-5,7,15,20,31H,6,8-9H2,1H3,(H3-,24,25,26,32,34,35)/p+1/t15-,20+/m1/s1. The maximum atomic E-state index is 13.1. The molecule has 0 spiro atoms. The number of aliphatic hydroxyl groups is 1. The van der Waals surface area contributed by atoms with Crippen LogP contribution in [0, 0.1) is 0 Å². The number of rotatable bonds is 8. The van der Waals surface area contributed by atoms with Crippen LogP contribution in [0.25, 0.3) is 5.52 Å². The monoisotopic (exact) mass is 578 g/mol. The fourth-order valence-corrected chi connectivity index (χ4v) is 6.63. The number of oxime groups is 1. The van der Waals surface area contributed by atoms with Crippen molar-refractivity contribution in [3.8, 4) is 0 Å². The number of anilines is 1. The number of carbonyl (C=O) groups is 3. The molecule has 0 bridgehead atoms. The largest absolute Gasteiger partial charge is 0.477 e. The Morgan fingerprint density at radius 3 is 2.87 bits per heavy atom. The van der Waals surface area contributed by atoms with E-state index in [9.17, 15) is 24.6 Å². The van der Waals surface area contributed by atoms with Crippen molar-refractivity contribution in [3.05, 3.63) is 57.7 Å². The van der Waals surface area contributed by atoms with Gasteiger partial charge in [-0.15, -0.1) is 11.8 Å². The van der Waals surface area contributed by atoms with E-state index in [-0.39, 0.29) is 39.7 Å². The maximum Gasteiger partial charge on any atom is 0.352 e. The van der Waals surface area contributed by atoms with Crippen molar-refractivity contribution >= 4 is 68.8 Å². The van der Waals surface area contributed by atoms with E-state index in [4.69, 9.17) is 22.2 Å². The van der Waals surface area contributed by atoms with E-state index < -0.39 is 29.2 Å². The lowest BCUT2D eigenvalue weighted by molar-refractivity contribution is -0.688. The summed E-state index contributed by atoms with van der Waals surface area (Å²) in [4.78, 5) is 48.2. The molecule has 198 valence electrons. The minimum Gasteiger partial charge on any atom is -0.477 e. The first-order chi connectivity index (χ1) is 18.2. The minimum absolute atomic E-state index is 0.0185. The first kappa shape index (κ1) is 26.0. The van der Waals surface area contributed by atoms with E-state index in [0.29, 0.717) is 11.3 Å². The first-order valence-corrected chi connectivity index (χ1v) is 13.3. The lowest BCUT2D eigenvalue weighted by Crippen LogP contribution is -2.71. The number of nitrogen functional groups attached to an aromatic ring is 1. The van der Waals surface area contributed by atoms with Crippen LogP contribution < -0.4 is 15.6 Å². The van der Waals surface area contributed by atoms with Crippen molar-refractivity contribution < 1.29 is 34.0 Å². The molecule has 2 atom stereocenters. The van der Waals surface area contributed by atoms with Gasteiger partial charge in [-0.05, 0) is 12.1 Å². The van der Waals surface area contributed by atoms with Crippen molar-refractivity contribution in [2.45, 2.75) is 24.6 Å². The van der Waals surface area contributed by atoms with Crippen molar-refractivity contribution in [1.29, 1.82) is 0 Å².